The number of fused-ring (bicyclic) bond motifs is 1. The fourth-order valence-corrected chi connectivity index (χ4v) is 4.16. The molecule has 0 aliphatic heterocycles. The number of phenolic OH excluding ortho intramolecular Hbond substituents is 1. The van der Waals surface area contributed by atoms with E-state index in [0.717, 1.165) is 22.2 Å². The lowest BCUT2D eigenvalue weighted by atomic mass is 10.0. The Morgan fingerprint density at radius 3 is 2.54 bits per heavy atom. The lowest BCUT2D eigenvalue weighted by Crippen LogP contribution is -1.96. The average molecular weight is 361 g/mol. The van der Waals surface area contributed by atoms with Crippen LogP contribution in [0.1, 0.15) is 17.4 Å². The van der Waals surface area contributed by atoms with Crippen LogP contribution in [0.4, 0.5) is 11.5 Å². The number of aryl methyl sites for hydroxylation is 2. The maximum Gasteiger partial charge on any atom is 0.143 e. The summed E-state index contributed by atoms with van der Waals surface area (Å²) in [5.41, 5.74) is 4.20. The number of aromatic nitrogens is 2. The van der Waals surface area contributed by atoms with Crippen molar-refractivity contribution in [1.29, 1.82) is 0 Å². The van der Waals surface area contributed by atoms with Crippen molar-refractivity contribution in [2.24, 2.45) is 0 Å². The number of hydrogen-bond acceptors (Lipinski definition) is 5. The van der Waals surface area contributed by atoms with Crippen LogP contribution in [0.25, 0.3) is 21.3 Å². The summed E-state index contributed by atoms with van der Waals surface area (Å²) in [5.74, 6) is 0.908. The minimum Gasteiger partial charge on any atom is -0.506 e. The highest BCUT2D eigenvalue weighted by Crippen LogP contribution is 2.42. The molecule has 4 aromatic rings. The zero-order chi connectivity index (χ0) is 18.1. The molecule has 0 fully saturated rings. The highest BCUT2D eigenvalue weighted by molar-refractivity contribution is 7.19. The third-order valence-corrected chi connectivity index (χ3v) is 5.62. The SMILES string of the molecule is CCc1sc2ncnc(Nc3ccccc3O)c2c1-c1ccc(C)cc1. The summed E-state index contributed by atoms with van der Waals surface area (Å²) in [7, 11) is 0. The molecule has 0 unspecified atom stereocenters. The van der Waals surface area contributed by atoms with Crippen LogP contribution in [0.3, 0.4) is 0 Å². The van der Waals surface area contributed by atoms with Gasteiger partial charge >= 0.3 is 0 Å². The molecule has 0 spiro atoms. The zero-order valence-electron chi connectivity index (χ0n) is 14.7. The van der Waals surface area contributed by atoms with E-state index in [0.29, 0.717) is 11.5 Å². The van der Waals surface area contributed by atoms with Crippen molar-refractivity contribution in [3.63, 3.8) is 0 Å². The van der Waals surface area contributed by atoms with Gasteiger partial charge < -0.3 is 10.4 Å². The van der Waals surface area contributed by atoms with Crippen LogP contribution in [-0.2, 0) is 6.42 Å². The molecule has 0 atom stereocenters. The van der Waals surface area contributed by atoms with Crippen molar-refractivity contribution in [2.45, 2.75) is 20.3 Å². The Morgan fingerprint density at radius 2 is 1.81 bits per heavy atom. The van der Waals surface area contributed by atoms with E-state index in [4.69, 9.17) is 0 Å². The van der Waals surface area contributed by atoms with Gasteiger partial charge in [0, 0.05) is 10.4 Å². The normalized spacial score (nSPS) is 11.0. The van der Waals surface area contributed by atoms with Gasteiger partial charge in [0.05, 0.1) is 11.1 Å². The number of hydrogen-bond donors (Lipinski definition) is 2. The summed E-state index contributed by atoms with van der Waals surface area (Å²) in [6.07, 6.45) is 2.50. The van der Waals surface area contributed by atoms with Crippen molar-refractivity contribution >= 4 is 33.1 Å². The van der Waals surface area contributed by atoms with Crippen LogP contribution < -0.4 is 5.32 Å². The number of phenols is 1. The summed E-state index contributed by atoms with van der Waals surface area (Å²) >= 11 is 1.70. The van der Waals surface area contributed by atoms with Gasteiger partial charge in [0.1, 0.15) is 22.7 Å². The van der Waals surface area contributed by atoms with E-state index in [9.17, 15) is 5.11 Å². The molecule has 0 saturated carbocycles. The molecule has 2 heterocycles. The predicted molar refractivity (Wildman–Crippen MR) is 108 cm³/mol. The third kappa shape index (κ3) is 2.91. The number of nitrogens with one attached hydrogen (secondary N) is 1. The molecule has 0 saturated heterocycles. The van der Waals surface area contributed by atoms with Crippen molar-refractivity contribution in [3.8, 4) is 16.9 Å². The van der Waals surface area contributed by atoms with E-state index in [1.807, 2.05) is 12.1 Å². The Labute approximate surface area is 156 Å². The monoisotopic (exact) mass is 361 g/mol. The van der Waals surface area contributed by atoms with Crippen molar-refractivity contribution < 1.29 is 5.11 Å². The second-order valence-corrected chi connectivity index (χ2v) is 7.25. The summed E-state index contributed by atoms with van der Waals surface area (Å²) in [6.45, 7) is 4.25. The van der Waals surface area contributed by atoms with Crippen LogP contribution in [0.5, 0.6) is 5.75 Å². The molecule has 2 aromatic carbocycles. The second kappa shape index (κ2) is 6.77. The smallest absolute Gasteiger partial charge is 0.143 e. The molecule has 0 radical (unpaired) electrons. The van der Waals surface area contributed by atoms with E-state index < -0.39 is 0 Å². The van der Waals surface area contributed by atoms with Gasteiger partial charge in [-0.3, -0.25) is 0 Å². The minimum atomic E-state index is 0.196. The molecule has 130 valence electrons. The number of benzene rings is 2. The Morgan fingerprint density at radius 1 is 1.04 bits per heavy atom. The van der Waals surface area contributed by atoms with Gasteiger partial charge in [-0.2, -0.15) is 0 Å². The number of para-hydroxylation sites is 2. The van der Waals surface area contributed by atoms with Gasteiger partial charge in [-0.15, -0.1) is 11.3 Å². The predicted octanol–water partition coefficient (Wildman–Crippen LogP) is 5.68. The van der Waals surface area contributed by atoms with E-state index in [2.05, 4.69) is 53.4 Å². The summed E-state index contributed by atoms with van der Waals surface area (Å²) in [5, 5.41) is 14.4. The molecule has 0 amide bonds. The largest absolute Gasteiger partial charge is 0.506 e. The Bertz CT molecular complexity index is 1070. The van der Waals surface area contributed by atoms with Crippen LogP contribution in [0.15, 0.2) is 54.9 Å². The number of nitrogens with zero attached hydrogens (tertiary/aromatic N) is 2. The Balaban J connectivity index is 1.93. The summed E-state index contributed by atoms with van der Waals surface area (Å²) in [6, 6.07) is 15.7. The van der Waals surface area contributed by atoms with Gasteiger partial charge in [0.2, 0.25) is 0 Å². The van der Waals surface area contributed by atoms with Gasteiger partial charge in [0.25, 0.3) is 0 Å². The molecule has 2 N–H and O–H groups in total. The standard InChI is InChI=1S/C21H19N3OS/c1-3-17-18(14-10-8-13(2)9-11-14)19-20(22-12-23-21(19)26-17)24-15-6-4-5-7-16(15)25/h4-12,25H,3H2,1-2H3,(H,22,23,24). The topological polar surface area (TPSA) is 58.0 Å². The highest BCUT2D eigenvalue weighted by Gasteiger charge is 2.18. The first-order valence-electron chi connectivity index (χ1n) is 8.55. The molecule has 26 heavy (non-hydrogen) atoms. The van der Waals surface area contributed by atoms with Crippen molar-refractivity contribution in [2.75, 3.05) is 5.32 Å². The molecule has 2 aromatic heterocycles. The molecule has 0 bridgehead atoms. The molecule has 4 rings (SSSR count). The molecule has 0 aliphatic rings. The Hall–Kier alpha value is -2.92. The first kappa shape index (κ1) is 16.5. The number of aromatic hydroxyl groups is 1. The van der Waals surface area contributed by atoms with Crippen LogP contribution in [0, 0.1) is 6.92 Å². The number of anilines is 2. The lowest BCUT2D eigenvalue weighted by Gasteiger charge is -2.10. The average Bonchev–Trinajstić information content (AvgIpc) is 3.04. The highest BCUT2D eigenvalue weighted by atomic mass is 32.1. The molecule has 0 aliphatic carbocycles. The third-order valence-electron chi connectivity index (χ3n) is 4.38. The summed E-state index contributed by atoms with van der Waals surface area (Å²) in [4.78, 5) is 11.2. The second-order valence-electron chi connectivity index (χ2n) is 6.16. The van der Waals surface area contributed by atoms with Gasteiger partial charge in [-0.1, -0.05) is 48.9 Å². The van der Waals surface area contributed by atoms with E-state index >= 15 is 0 Å². The quantitative estimate of drug-likeness (QED) is 0.459. The van der Waals surface area contributed by atoms with Crippen LogP contribution >= 0.6 is 11.3 Å². The van der Waals surface area contributed by atoms with Crippen LogP contribution in [-0.4, -0.2) is 15.1 Å². The molecule has 4 nitrogen and oxygen atoms in total. The lowest BCUT2D eigenvalue weighted by molar-refractivity contribution is 0.478. The maximum absolute atomic E-state index is 10.1. The van der Waals surface area contributed by atoms with E-state index in [1.54, 1.807) is 29.8 Å². The minimum absolute atomic E-state index is 0.196. The van der Waals surface area contributed by atoms with Gasteiger partial charge in [0.15, 0.2) is 0 Å². The first-order valence-corrected chi connectivity index (χ1v) is 9.37. The van der Waals surface area contributed by atoms with Crippen molar-refractivity contribution in [3.05, 3.63) is 65.3 Å². The maximum atomic E-state index is 10.1. The zero-order valence-corrected chi connectivity index (χ0v) is 15.5. The van der Waals surface area contributed by atoms with Crippen molar-refractivity contribution in [1.82, 2.24) is 9.97 Å². The van der Waals surface area contributed by atoms with Gasteiger partial charge in [-0.25, -0.2) is 9.97 Å². The fourth-order valence-electron chi connectivity index (χ4n) is 3.06. The molecule has 5 heteroatoms. The molecular weight excluding hydrogens is 342 g/mol. The van der Waals surface area contributed by atoms with Crippen LogP contribution in [0.2, 0.25) is 0 Å². The Kier molecular flexibility index (Phi) is 4.31. The summed E-state index contributed by atoms with van der Waals surface area (Å²) < 4.78 is 0. The number of rotatable bonds is 4. The van der Waals surface area contributed by atoms with Gasteiger partial charge in [-0.05, 0) is 31.0 Å². The van der Waals surface area contributed by atoms with E-state index in [1.165, 1.54) is 16.0 Å². The molecular formula is C21H19N3OS. The first-order chi connectivity index (χ1) is 12.7. The fraction of sp³-hybridized carbons (Fsp3) is 0.143. The van der Waals surface area contributed by atoms with E-state index in [-0.39, 0.29) is 5.75 Å². The number of thiophene rings is 1.